The molecule has 0 aromatic carbocycles. The molecule has 15 heavy (non-hydrogen) atoms. The number of carboxylic acids is 1. The fourth-order valence-electron chi connectivity index (χ4n) is 1.84. The van der Waals surface area contributed by atoms with Crippen molar-refractivity contribution in [3.05, 3.63) is 11.6 Å². The number of carboxylic acid groups (broad SMARTS) is 1. The topological polar surface area (TPSA) is 69.6 Å². The van der Waals surface area contributed by atoms with Crippen LogP contribution in [0.15, 0.2) is 11.6 Å². The zero-order chi connectivity index (χ0) is 11.3. The fourth-order valence-corrected chi connectivity index (χ4v) is 1.84. The second-order valence-corrected chi connectivity index (χ2v) is 4.11. The Bertz CT molecular complexity index is 250. The van der Waals surface area contributed by atoms with Crippen molar-refractivity contribution in [3.8, 4) is 0 Å². The molecule has 0 heterocycles. The van der Waals surface area contributed by atoms with Crippen LogP contribution in [0.3, 0.4) is 0 Å². The Morgan fingerprint density at radius 2 is 2.27 bits per heavy atom. The molecule has 3 N–H and O–H groups in total. The van der Waals surface area contributed by atoms with Gasteiger partial charge in [0.05, 0.1) is 6.10 Å². The number of carbonyl (C=O) groups is 1. The van der Waals surface area contributed by atoms with Crippen LogP contribution in [0.4, 0.5) is 0 Å². The van der Waals surface area contributed by atoms with Crippen molar-refractivity contribution in [2.45, 2.75) is 32.3 Å². The van der Waals surface area contributed by atoms with Crippen LogP contribution in [0, 0.1) is 5.92 Å². The van der Waals surface area contributed by atoms with Crippen molar-refractivity contribution < 1.29 is 15.0 Å². The first-order valence-electron chi connectivity index (χ1n) is 5.40. The summed E-state index contributed by atoms with van der Waals surface area (Å²) in [6, 6.07) is 0. The largest absolute Gasteiger partial charge is 0.478 e. The summed E-state index contributed by atoms with van der Waals surface area (Å²) in [7, 11) is 0. The van der Waals surface area contributed by atoms with Crippen molar-refractivity contribution >= 4 is 5.97 Å². The molecule has 0 saturated heterocycles. The van der Waals surface area contributed by atoms with Crippen LogP contribution in [0.1, 0.15) is 26.2 Å². The highest BCUT2D eigenvalue weighted by Gasteiger charge is 2.24. The molecule has 1 aliphatic carbocycles. The van der Waals surface area contributed by atoms with Crippen molar-refractivity contribution in [2.24, 2.45) is 5.92 Å². The van der Waals surface area contributed by atoms with Gasteiger partial charge in [0.25, 0.3) is 0 Å². The number of aliphatic carboxylic acids is 1. The minimum absolute atomic E-state index is 0.179. The molecular weight excluding hydrogens is 194 g/mol. The summed E-state index contributed by atoms with van der Waals surface area (Å²) < 4.78 is 0. The Labute approximate surface area is 90.0 Å². The molecule has 1 saturated carbocycles. The number of nitrogens with one attached hydrogen (secondary N) is 1. The molecular formula is C11H19NO3. The maximum Gasteiger partial charge on any atom is 0.330 e. The molecule has 0 bridgehead atoms. The first kappa shape index (κ1) is 12.2. The van der Waals surface area contributed by atoms with Crippen LogP contribution in [0.5, 0.6) is 0 Å². The zero-order valence-electron chi connectivity index (χ0n) is 9.07. The van der Waals surface area contributed by atoms with Gasteiger partial charge in [0, 0.05) is 18.7 Å². The van der Waals surface area contributed by atoms with Gasteiger partial charge in [0.1, 0.15) is 0 Å². The minimum Gasteiger partial charge on any atom is -0.478 e. The van der Waals surface area contributed by atoms with E-state index in [2.05, 4.69) is 5.32 Å². The number of rotatable bonds is 5. The number of hydrogen-bond donors (Lipinski definition) is 3. The van der Waals surface area contributed by atoms with E-state index in [1.807, 2.05) is 0 Å². The molecule has 2 unspecified atom stereocenters. The molecule has 0 aliphatic heterocycles. The van der Waals surface area contributed by atoms with E-state index in [0.29, 0.717) is 18.0 Å². The predicted octanol–water partition coefficient (Wildman–Crippen LogP) is 0.768. The van der Waals surface area contributed by atoms with Crippen LogP contribution in [-0.2, 0) is 4.79 Å². The van der Waals surface area contributed by atoms with Crippen molar-refractivity contribution in [1.82, 2.24) is 5.32 Å². The summed E-state index contributed by atoms with van der Waals surface area (Å²) >= 11 is 0. The number of aliphatic hydroxyl groups excluding tert-OH is 1. The third-order valence-electron chi connectivity index (χ3n) is 2.92. The maximum absolute atomic E-state index is 10.5. The van der Waals surface area contributed by atoms with Crippen LogP contribution in [-0.4, -0.2) is 35.4 Å². The summed E-state index contributed by atoms with van der Waals surface area (Å²) in [6.07, 6.45) is 4.54. The Balaban J connectivity index is 2.16. The monoisotopic (exact) mass is 213 g/mol. The van der Waals surface area contributed by atoms with Crippen molar-refractivity contribution in [1.29, 1.82) is 0 Å². The Morgan fingerprint density at radius 3 is 2.80 bits per heavy atom. The molecule has 86 valence electrons. The Morgan fingerprint density at radius 1 is 1.53 bits per heavy atom. The summed E-state index contributed by atoms with van der Waals surface area (Å²) in [5.74, 6) is -0.541. The van der Waals surface area contributed by atoms with Crippen LogP contribution in [0.2, 0.25) is 0 Å². The summed E-state index contributed by atoms with van der Waals surface area (Å²) in [5, 5.41) is 21.3. The lowest BCUT2D eigenvalue weighted by molar-refractivity contribution is -0.132. The Kier molecular flexibility index (Phi) is 4.78. The van der Waals surface area contributed by atoms with Gasteiger partial charge in [-0.3, -0.25) is 0 Å². The van der Waals surface area contributed by atoms with Gasteiger partial charge in [-0.25, -0.2) is 4.79 Å². The van der Waals surface area contributed by atoms with Gasteiger partial charge >= 0.3 is 5.97 Å². The SMILES string of the molecule is CC(=CCNCC1CCCC1O)C(=O)O. The smallest absolute Gasteiger partial charge is 0.330 e. The van der Waals surface area contributed by atoms with E-state index >= 15 is 0 Å². The molecule has 1 fully saturated rings. The van der Waals surface area contributed by atoms with Gasteiger partial charge in [0.15, 0.2) is 0 Å². The molecule has 1 aliphatic rings. The van der Waals surface area contributed by atoms with Gasteiger partial charge in [-0.1, -0.05) is 12.5 Å². The molecule has 0 aromatic heterocycles. The average molecular weight is 213 g/mol. The highest BCUT2D eigenvalue weighted by atomic mass is 16.4. The summed E-state index contributed by atoms with van der Waals surface area (Å²) in [5.41, 5.74) is 0.356. The van der Waals surface area contributed by atoms with Gasteiger partial charge < -0.3 is 15.5 Å². The van der Waals surface area contributed by atoms with Gasteiger partial charge in [0.2, 0.25) is 0 Å². The first-order valence-corrected chi connectivity index (χ1v) is 5.40. The normalized spacial score (nSPS) is 26.9. The Hall–Kier alpha value is -0.870. The highest BCUT2D eigenvalue weighted by Crippen LogP contribution is 2.24. The minimum atomic E-state index is -0.877. The average Bonchev–Trinajstić information content (AvgIpc) is 2.58. The molecule has 0 amide bonds. The second-order valence-electron chi connectivity index (χ2n) is 4.11. The van der Waals surface area contributed by atoms with E-state index in [9.17, 15) is 9.90 Å². The van der Waals surface area contributed by atoms with E-state index in [0.717, 1.165) is 25.8 Å². The molecule has 4 nitrogen and oxygen atoms in total. The van der Waals surface area contributed by atoms with Crippen LogP contribution in [0.25, 0.3) is 0 Å². The van der Waals surface area contributed by atoms with Crippen LogP contribution >= 0.6 is 0 Å². The lowest BCUT2D eigenvalue weighted by Crippen LogP contribution is -2.28. The lowest BCUT2D eigenvalue weighted by Gasteiger charge is -2.14. The lowest BCUT2D eigenvalue weighted by atomic mass is 10.1. The predicted molar refractivity (Wildman–Crippen MR) is 57.6 cm³/mol. The van der Waals surface area contributed by atoms with Gasteiger partial charge in [-0.05, 0) is 25.7 Å². The fraction of sp³-hybridized carbons (Fsp3) is 0.727. The standard InChI is InChI=1S/C11H19NO3/c1-8(11(14)15)5-6-12-7-9-3-2-4-10(9)13/h5,9-10,12-13H,2-4,6-7H2,1H3,(H,14,15). The van der Waals surface area contributed by atoms with E-state index in [1.165, 1.54) is 0 Å². The van der Waals surface area contributed by atoms with Gasteiger partial charge in [-0.15, -0.1) is 0 Å². The number of hydrogen-bond acceptors (Lipinski definition) is 3. The maximum atomic E-state index is 10.5. The first-order chi connectivity index (χ1) is 7.11. The van der Waals surface area contributed by atoms with E-state index in [-0.39, 0.29) is 6.10 Å². The molecule has 0 aromatic rings. The quantitative estimate of drug-likeness (QED) is 0.466. The van der Waals surface area contributed by atoms with E-state index < -0.39 is 5.97 Å². The van der Waals surface area contributed by atoms with Crippen molar-refractivity contribution in [3.63, 3.8) is 0 Å². The summed E-state index contributed by atoms with van der Waals surface area (Å²) in [6.45, 7) is 2.90. The molecule has 0 radical (unpaired) electrons. The highest BCUT2D eigenvalue weighted by molar-refractivity contribution is 5.85. The van der Waals surface area contributed by atoms with E-state index in [4.69, 9.17) is 5.11 Å². The summed E-state index contributed by atoms with van der Waals surface area (Å²) in [4.78, 5) is 10.5. The zero-order valence-corrected chi connectivity index (χ0v) is 9.07. The van der Waals surface area contributed by atoms with E-state index in [1.54, 1.807) is 13.0 Å². The third-order valence-corrected chi connectivity index (χ3v) is 2.92. The third kappa shape index (κ3) is 4.01. The second kappa shape index (κ2) is 5.88. The van der Waals surface area contributed by atoms with Crippen LogP contribution < -0.4 is 5.32 Å². The van der Waals surface area contributed by atoms with Gasteiger partial charge in [-0.2, -0.15) is 0 Å². The molecule has 1 rings (SSSR count). The van der Waals surface area contributed by atoms with Crippen molar-refractivity contribution in [2.75, 3.05) is 13.1 Å². The molecule has 4 heteroatoms. The number of aliphatic hydroxyl groups is 1. The molecule has 2 atom stereocenters. The molecule has 0 spiro atoms.